The molecule has 2 aromatic carbocycles. The standard InChI is InChI=1S/C20H21IN2O6/c1-3-8-28-15-6-4-14(5-7-15)20(26)23-22-11-13-9-16(21)19(17(10-13)27-2)29-12-18(24)25/h4-7,9-11H,3,8,12H2,1-2H3,(H,23,26)(H,24,25)/b22-11-. The number of ether oxygens (including phenoxy) is 3. The fourth-order valence-corrected chi connectivity index (χ4v) is 3.02. The highest BCUT2D eigenvalue weighted by Gasteiger charge is 2.13. The summed E-state index contributed by atoms with van der Waals surface area (Å²) < 4.78 is 16.6. The lowest BCUT2D eigenvalue weighted by Gasteiger charge is -2.12. The first-order valence-electron chi connectivity index (χ1n) is 8.73. The number of carbonyl (C=O) groups is 2. The van der Waals surface area contributed by atoms with Crippen LogP contribution in [0, 0.1) is 3.57 Å². The van der Waals surface area contributed by atoms with Gasteiger partial charge in [-0.05, 0) is 71.0 Å². The van der Waals surface area contributed by atoms with Gasteiger partial charge in [0.15, 0.2) is 18.1 Å². The van der Waals surface area contributed by atoms with Crippen LogP contribution in [-0.4, -0.2) is 43.5 Å². The average Bonchev–Trinajstić information content (AvgIpc) is 2.71. The lowest BCUT2D eigenvalue weighted by Crippen LogP contribution is -2.17. The van der Waals surface area contributed by atoms with Crippen LogP contribution < -0.4 is 19.6 Å². The number of carbonyl (C=O) groups excluding carboxylic acids is 1. The number of halogens is 1. The van der Waals surface area contributed by atoms with E-state index in [9.17, 15) is 9.59 Å². The Balaban J connectivity index is 2.02. The van der Waals surface area contributed by atoms with E-state index in [-0.39, 0.29) is 5.91 Å². The van der Waals surface area contributed by atoms with Crippen molar-refractivity contribution >= 4 is 40.7 Å². The topological polar surface area (TPSA) is 106 Å². The maximum Gasteiger partial charge on any atom is 0.341 e. The first-order valence-corrected chi connectivity index (χ1v) is 9.80. The number of rotatable bonds is 10. The number of methoxy groups -OCH3 is 1. The molecule has 29 heavy (non-hydrogen) atoms. The van der Waals surface area contributed by atoms with E-state index in [1.807, 2.05) is 29.5 Å². The summed E-state index contributed by atoms with van der Waals surface area (Å²) in [6.45, 7) is 2.17. The van der Waals surface area contributed by atoms with E-state index in [1.165, 1.54) is 13.3 Å². The molecule has 0 aliphatic rings. The Morgan fingerprint density at radius 3 is 2.55 bits per heavy atom. The molecule has 0 atom stereocenters. The summed E-state index contributed by atoms with van der Waals surface area (Å²) in [5.41, 5.74) is 3.56. The summed E-state index contributed by atoms with van der Waals surface area (Å²) in [5, 5.41) is 12.7. The van der Waals surface area contributed by atoms with Gasteiger partial charge >= 0.3 is 5.97 Å². The van der Waals surface area contributed by atoms with Crippen molar-refractivity contribution in [2.24, 2.45) is 5.10 Å². The lowest BCUT2D eigenvalue weighted by atomic mass is 10.2. The number of hydrogen-bond donors (Lipinski definition) is 2. The molecule has 2 rings (SSSR count). The molecular formula is C20H21IN2O6. The second-order valence-corrected chi connectivity index (χ2v) is 6.95. The zero-order valence-electron chi connectivity index (χ0n) is 16.0. The van der Waals surface area contributed by atoms with Gasteiger partial charge in [0, 0.05) is 5.56 Å². The molecule has 0 saturated heterocycles. The molecule has 8 nitrogen and oxygen atoms in total. The lowest BCUT2D eigenvalue weighted by molar-refractivity contribution is -0.139. The molecular weight excluding hydrogens is 491 g/mol. The Morgan fingerprint density at radius 2 is 1.93 bits per heavy atom. The van der Waals surface area contributed by atoms with Crippen molar-refractivity contribution in [1.82, 2.24) is 5.43 Å². The Bertz CT molecular complexity index is 883. The molecule has 0 aliphatic carbocycles. The monoisotopic (exact) mass is 512 g/mol. The summed E-state index contributed by atoms with van der Waals surface area (Å²) in [6.07, 6.45) is 2.37. The SMILES string of the molecule is CCCOc1ccc(C(=O)N/N=C\c2cc(I)c(OCC(=O)O)c(OC)c2)cc1. The van der Waals surface area contributed by atoms with E-state index in [0.717, 1.165) is 6.42 Å². The number of hydrazone groups is 1. The molecule has 0 bridgehead atoms. The number of amides is 1. The summed E-state index contributed by atoms with van der Waals surface area (Å²) in [6, 6.07) is 10.2. The van der Waals surface area contributed by atoms with Crippen LogP contribution in [0.15, 0.2) is 41.5 Å². The van der Waals surface area contributed by atoms with E-state index < -0.39 is 12.6 Å². The van der Waals surface area contributed by atoms with Gasteiger partial charge in [-0.2, -0.15) is 5.10 Å². The molecule has 2 aromatic rings. The smallest absolute Gasteiger partial charge is 0.341 e. The van der Waals surface area contributed by atoms with Gasteiger partial charge in [-0.1, -0.05) is 6.92 Å². The third-order valence-electron chi connectivity index (χ3n) is 3.56. The molecule has 0 unspecified atom stereocenters. The maximum atomic E-state index is 12.2. The summed E-state index contributed by atoms with van der Waals surface area (Å²) in [4.78, 5) is 22.9. The third kappa shape index (κ3) is 6.93. The second-order valence-electron chi connectivity index (χ2n) is 5.79. The molecule has 1 amide bonds. The van der Waals surface area contributed by atoms with E-state index in [0.29, 0.717) is 38.6 Å². The number of aliphatic carboxylic acids is 1. The zero-order valence-corrected chi connectivity index (χ0v) is 18.1. The van der Waals surface area contributed by atoms with Crippen molar-refractivity contribution in [3.8, 4) is 17.2 Å². The van der Waals surface area contributed by atoms with Crippen molar-refractivity contribution in [2.75, 3.05) is 20.3 Å². The quantitative estimate of drug-likeness (QED) is 0.288. The van der Waals surface area contributed by atoms with Crippen LogP contribution in [0.2, 0.25) is 0 Å². The largest absolute Gasteiger partial charge is 0.494 e. The fourth-order valence-electron chi connectivity index (χ4n) is 2.24. The first kappa shape index (κ1) is 22.5. The summed E-state index contributed by atoms with van der Waals surface area (Å²) >= 11 is 2.01. The van der Waals surface area contributed by atoms with Crippen LogP contribution >= 0.6 is 22.6 Å². The van der Waals surface area contributed by atoms with Gasteiger partial charge in [0.1, 0.15) is 5.75 Å². The number of carboxylic acids is 1. The maximum absolute atomic E-state index is 12.2. The van der Waals surface area contributed by atoms with Crippen molar-refractivity contribution < 1.29 is 28.9 Å². The van der Waals surface area contributed by atoms with E-state index >= 15 is 0 Å². The average molecular weight is 512 g/mol. The van der Waals surface area contributed by atoms with Crippen LogP contribution in [0.4, 0.5) is 0 Å². The van der Waals surface area contributed by atoms with Crippen molar-refractivity contribution in [1.29, 1.82) is 0 Å². The van der Waals surface area contributed by atoms with Gasteiger partial charge in [0.2, 0.25) is 0 Å². The first-order chi connectivity index (χ1) is 13.9. The Labute approximate surface area is 182 Å². The van der Waals surface area contributed by atoms with Gasteiger partial charge in [-0.25, -0.2) is 10.2 Å². The molecule has 154 valence electrons. The number of nitrogens with one attached hydrogen (secondary N) is 1. The van der Waals surface area contributed by atoms with Crippen LogP contribution in [0.3, 0.4) is 0 Å². The third-order valence-corrected chi connectivity index (χ3v) is 4.36. The van der Waals surface area contributed by atoms with Crippen LogP contribution in [-0.2, 0) is 4.79 Å². The minimum absolute atomic E-state index is 0.335. The Hall–Kier alpha value is -2.82. The highest BCUT2D eigenvalue weighted by Crippen LogP contribution is 2.33. The number of carboxylic acid groups (broad SMARTS) is 1. The van der Waals surface area contributed by atoms with E-state index in [1.54, 1.807) is 36.4 Å². The molecule has 0 radical (unpaired) electrons. The van der Waals surface area contributed by atoms with E-state index in [2.05, 4.69) is 10.5 Å². The van der Waals surface area contributed by atoms with E-state index in [4.69, 9.17) is 19.3 Å². The highest BCUT2D eigenvalue weighted by atomic mass is 127. The minimum atomic E-state index is -1.08. The zero-order chi connectivity index (χ0) is 21.2. The molecule has 2 N–H and O–H groups in total. The molecule has 0 saturated carbocycles. The number of nitrogens with zero attached hydrogens (tertiary/aromatic N) is 1. The molecule has 0 spiro atoms. The predicted octanol–water partition coefficient (Wildman–Crippen LogP) is 3.32. The van der Waals surface area contributed by atoms with Crippen LogP contribution in [0.5, 0.6) is 17.2 Å². The van der Waals surface area contributed by atoms with Crippen LogP contribution in [0.1, 0.15) is 29.3 Å². The van der Waals surface area contributed by atoms with Gasteiger partial charge < -0.3 is 19.3 Å². The fraction of sp³-hybridized carbons (Fsp3) is 0.250. The summed E-state index contributed by atoms with van der Waals surface area (Å²) in [7, 11) is 1.45. The van der Waals surface area contributed by atoms with Gasteiger partial charge in [-0.3, -0.25) is 4.79 Å². The molecule has 0 heterocycles. The van der Waals surface area contributed by atoms with Gasteiger partial charge in [0.25, 0.3) is 5.91 Å². The predicted molar refractivity (Wildman–Crippen MR) is 116 cm³/mol. The molecule has 0 fully saturated rings. The normalized spacial score (nSPS) is 10.6. The van der Waals surface area contributed by atoms with Crippen molar-refractivity contribution in [3.05, 3.63) is 51.1 Å². The van der Waals surface area contributed by atoms with Gasteiger partial charge in [-0.15, -0.1) is 0 Å². The molecule has 0 aromatic heterocycles. The number of benzene rings is 2. The second kappa shape index (κ2) is 11.2. The van der Waals surface area contributed by atoms with Crippen molar-refractivity contribution in [2.45, 2.75) is 13.3 Å². The minimum Gasteiger partial charge on any atom is -0.494 e. The molecule has 0 aliphatic heterocycles. The van der Waals surface area contributed by atoms with Crippen molar-refractivity contribution in [3.63, 3.8) is 0 Å². The van der Waals surface area contributed by atoms with Crippen LogP contribution in [0.25, 0.3) is 0 Å². The number of hydrogen-bond acceptors (Lipinski definition) is 6. The Kier molecular flexibility index (Phi) is 8.71. The Morgan fingerprint density at radius 1 is 1.21 bits per heavy atom. The highest BCUT2D eigenvalue weighted by molar-refractivity contribution is 14.1. The van der Waals surface area contributed by atoms with Gasteiger partial charge in [0.05, 0.1) is 23.5 Å². The summed E-state index contributed by atoms with van der Waals surface area (Å²) in [5.74, 6) is -0.0260. The molecule has 9 heteroatoms.